The van der Waals surface area contributed by atoms with E-state index in [9.17, 15) is 5.11 Å². The van der Waals surface area contributed by atoms with Gasteiger partial charge in [-0.25, -0.2) is 0 Å². The van der Waals surface area contributed by atoms with Crippen LogP contribution in [0.3, 0.4) is 0 Å². The Balaban J connectivity index is 1.61. The fourth-order valence-corrected chi connectivity index (χ4v) is 2.74. The Morgan fingerprint density at radius 1 is 0.720 bits per heavy atom. The molecule has 2 N–H and O–H groups in total. The summed E-state index contributed by atoms with van der Waals surface area (Å²) in [6.07, 6.45) is -0.588. The second-order valence-corrected chi connectivity index (χ2v) is 5.94. The van der Waals surface area contributed by atoms with E-state index in [4.69, 9.17) is 4.74 Å². The van der Waals surface area contributed by atoms with Gasteiger partial charge < -0.3 is 15.2 Å². The molecule has 3 nitrogen and oxygen atoms in total. The van der Waals surface area contributed by atoms with Gasteiger partial charge in [0.15, 0.2) is 0 Å². The largest absolute Gasteiger partial charge is 0.491 e. The van der Waals surface area contributed by atoms with Gasteiger partial charge in [-0.05, 0) is 23.3 Å². The fraction of sp³-hybridized carbons (Fsp3) is 0.182. The monoisotopic (exact) mass is 333 g/mol. The Morgan fingerprint density at radius 3 is 1.72 bits per heavy atom. The highest BCUT2D eigenvalue weighted by atomic mass is 16.5. The molecule has 1 unspecified atom stereocenters. The van der Waals surface area contributed by atoms with Crippen LogP contribution in [0.5, 0.6) is 5.75 Å². The molecule has 0 aromatic heterocycles. The third kappa shape index (κ3) is 5.18. The summed E-state index contributed by atoms with van der Waals surface area (Å²) in [6, 6.07) is 30.1. The van der Waals surface area contributed by atoms with Gasteiger partial charge in [0.05, 0.1) is 6.04 Å². The van der Waals surface area contributed by atoms with Gasteiger partial charge in [-0.15, -0.1) is 0 Å². The van der Waals surface area contributed by atoms with Crippen molar-refractivity contribution in [2.75, 3.05) is 13.2 Å². The first kappa shape index (κ1) is 17.2. The molecule has 0 aliphatic rings. The summed E-state index contributed by atoms with van der Waals surface area (Å²) in [5.74, 6) is 0.768. The summed E-state index contributed by atoms with van der Waals surface area (Å²) >= 11 is 0. The average Bonchev–Trinajstić information content (AvgIpc) is 2.69. The number of hydrogen-bond donors (Lipinski definition) is 2. The molecule has 0 fully saturated rings. The highest BCUT2D eigenvalue weighted by Gasteiger charge is 2.15. The first-order chi connectivity index (χ1) is 12.3. The number of rotatable bonds is 8. The molecule has 128 valence electrons. The van der Waals surface area contributed by atoms with Crippen molar-refractivity contribution in [1.82, 2.24) is 5.32 Å². The fourth-order valence-electron chi connectivity index (χ4n) is 2.74. The van der Waals surface area contributed by atoms with Crippen LogP contribution in [0.1, 0.15) is 17.2 Å². The van der Waals surface area contributed by atoms with Crippen molar-refractivity contribution in [2.24, 2.45) is 0 Å². The third-order valence-corrected chi connectivity index (χ3v) is 4.01. The molecule has 0 amide bonds. The molecule has 0 saturated heterocycles. The van der Waals surface area contributed by atoms with E-state index in [1.807, 2.05) is 66.7 Å². The Kier molecular flexibility index (Phi) is 6.21. The minimum Gasteiger partial charge on any atom is -0.491 e. The lowest BCUT2D eigenvalue weighted by atomic mass is 9.98. The van der Waals surface area contributed by atoms with Crippen molar-refractivity contribution in [3.63, 3.8) is 0 Å². The Bertz CT molecular complexity index is 692. The lowest BCUT2D eigenvalue weighted by Crippen LogP contribution is -2.34. The van der Waals surface area contributed by atoms with Crippen LogP contribution in [-0.4, -0.2) is 24.4 Å². The lowest BCUT2D eigenvalue weighted by molar-refractivity contribution is 0.105. The van der Waals surface area contributed by atoms with Gasteiger partial charge in [0.1, 0.15) is 18.5 Å². The molecule has 0 bridgehead atoms. The topological polar surface area (TPSA) is 41.5 Å². The Morgan fingerprint density at radius 2 is 1.20 bits per heavy atom. The van der Waals surface area contributed by atoms with Crippen LogP contribution < -0.4 is 10.1 Å². The van der Waals surface area contributed by atoms with Crippen LogP contribution >= 0.6 is 0 Å². The van der Waals surface area contributed by atoms with E-state index in [1.165, 1.54) is 11.1 Å². The van der Waals surface area contributed by atoms with Gasteiger partial charge in [0.25, 0.3) is 0 Å². The maximum atomic E-state index is 10.3. The van der Waals surface area contributed by atoms with E-state index in [0.29, 0.717) is 6.54 Å². The van der Waals surface area contributed by atoms with Crippen LogP contribution in [0.4, 0.5) is 0 Å². The van der Waals surface area contributed by atoms with Gasteiger partial charge in [-0.1, -0.05) is 78.9 Å². The Labute approximate surface area is 148 Å². The zero-order valence-corrected chi connectivity index (χ0v) is 14.1. The van der Waals surface area contributed by atoms with Crippen molar-refractivity contribution in [2.45, 2.75) is 12.1 Å². The number of nitrogens with one attached hydrogen (secondary N) is 1. The van der Waals surface area contributed by atoms with E-state index in [2.05, 4.69) is 29.6 Å². The van der Waals surface area contributed by atoms with Crippen LogP contribution in [0.15, 0.2) is 91.0 Å². The van der Waals surface area contributed by atoms with Crippen LogP contribution in [0.2, 0.25) is 0 Å². The molecule has 0 aliphatic carbocycles. The van der Waals surface area contributed by atoms with E-state index in [0.717, 1.165) is 5.75 Å². The van der Waals surface area contributed by atoms with E-state index < -0.39 is 6.10 Å². The summed E-state index contributed by atoms with van der Waals surface area (Å²) in [5.41, 5.74) is 2.34. The summed E-state index contributed by atoms with van der Waals surface area (Å²) in [7, 11) is 0. The number of hydrogen-bond acceptors (Lipinski definition) is 3. The number of para-hydroxylation sites is 1. The van der Waals surface area contributed by atoms with Crippen molar-refractivity contribution < 1.29 is 9.84 Å². The van der Waals surface area contributed by atoms with Crippen molar-refractivity contribution in [1.29, 1.82) is 0 Å². The number of benzene rings is 3. The molecule has 3 aromatic rings. The minimum absolute atomic E-state index is 0.0359. The maximum Gasteiger partial charge on any atom is 0.119 e. The van der Waals surface area contributed by atoms with E-state index >= 15 is 0 Å². The van der Waals surface area contributed by atoms with Gasteiger partial charge >= 0.3 is 0 Å². The second-order valence-electron chi connectivity index (χ2n) is 5.94. The number of aliphatic hydroxyl groups is 1. The van der Waals surface area contributed by atoms with Gasteiger partial charge in [0.2, 0.25) is 0 Å². The summed E-state index contributed by atoms with van der Waals surface area (Å²) in [5, 5.41) is 13.7. The van der Waals surface area contributed by atoms with Gasteiger partial charge in [0, 0.05) is 6.54 Å². The quantitative estimate of drug-likeness (QED) is 0.659. The number of ether oxygens (including phenoxy) is 1. The molecular formula is C22H23NO2. The smallest absolute Gasteiger partial charge is 0.119 e. The SMILES string of the molecule is OC(CNC(c1ccccc1)c1ccccc1)COc1ccccc1. The summed E-state index contributed by atoms with van der Waals surface area (Å²) < 4.78 is 5.62. The molecule has 25 heavy (non-hydrogen) atoms. The zero-order chi connectivity index (χ0) is 17.3. The molecule has 0 spiro atoms. The molecule has 3 rings (SSSR count). The highest BCUT2D eigenvalue weighted by molar-refractivity contribution is 5.31. The van der Waals surface area contributed by atoms with Crippen molar-refractivity contribution in [3.8, 4) is 5.75 Å². The predicted octanol–water partition coefficient (Wildman–Crippen LogP) is 3.81. The third-order valence-electron chi connectivity index (χ3n) is 4.01. The minimum atomic E-state index is -0.588. The van der Waals surface area contributed by atoms with E-state index in [1.54, 1.807) is 0 Å². The van der Waals surface area contributed by atoms with Crippen molar-refractivity contribution >= 4 is 0 Å². The normalized spacial score (nSPS) is 12.1. The molecular weight excluding hydrogens is 310 g/mol. The van der Waals surface area contributed by atoms with Crippen LogP contribution in [0.25, 0.3) is 0 Å². The van der Waals surface area contributed by atoms with Crippen LogP contribution in [0, 0.1) is 0 Å². The number of aliphatic hydroxyl groups excluding tert-OH is 1. The summed E-state index contributed by atoms with van der Waals surface area (Å²) in [6.45, 7) is 0.703. The van der Waals surface area contributed by atoms with Gasteiger partial charge in [-0.2, -0.15) is 0 Å². The molecule has 0 saturated carbocycles. The van der Waals surface area contributed by atoms with Crippen LogP contribution in [-0.2, 0) is 0 Å². The molecule has 0 radical (unpaired) electrons. The first-order valence-electron chi connectivity index (χ1n) is 8.52. The Hall–Kier alpha value is -2.62. The lowest BCUT2D eigenvalue weighted by Gasteiger charge is -2.22. The zero-order valence-electron chi connectivity index (χ0n) is 14.1. The standard InChI is InChI=1S/C22H23NO2/c24-20(17-25-21-14-8-3-9-15-21)16-23-22(18-10-4-1-5-11-18)19-12-6-2-7-13-19/h1-15,20,22-24H,16-17H2. The predicted molar refractivity (Wildman–Crippen MR) is 101 cm³/mol. The molecule has 0 aliphatic heterocycles. The molecule has 3 heteroatoms. The van der Waals surface area contributed by atoms with Gasteiger partial charge in [-0.3, -0.25) is 0 Å². The van der Waals surface area contributed by atoms with Crippen molar-refractivity contribution in [3.05, 3.63) is 102 Å². The molecule has 3 aromatic carbocycles. The highest BCUT2D eigenvalue weighted by Crippen LogP contribution is 2.21. The average molecular weight is 333 g/mol. The summed E-state index contributed by atoms with van der Waals surface area (Å²) in [4.78, 5) is 0. The van der Waals surface area contributed by atoms with E-state index in [-0.39, 0.29) is 12.6 Å². The molecule has 1 atom stereocenters. The molecule has 0 heterocycles. The second kappa shape index (κ2) is 9.02. The first-order valence-corrected chi connectivity index (χ1v) is 8.52. The maximum absolute atomic E-state index is 10.3.